The minimum Gasteiger partial charge on any atom is -0.337 e. The lowest BCUT2D eigenvalue weighted by Gasteiger charge is -2.32. The number of piperidine rings is 1. The zero-order valence-electron chi connectivity index (χ0n) is 14.0. The largest absolute Gasteiger partial charge is 0.337 e. The molecule has 1 amide bonds. The van der Waals surface area contributed by atoms with Gasteiger partial charge in [-0.05, 0) is 44.9 Å². The third-order valence-electron chi connectivity index (χ3n) is 4.37. The molecule has 1 aliphatic rings. The minimum absolute atomic E-state index is 0.152. The van der Waals surface area contributed by atoms with Gasteiger partial charge in [0.15, 0.2) is 5.78 Å². The van der Waals surface area contributed by atoms with Crippen molar-refractivity contribution in [3.05, 3.63) is 51.0 Å². The number of thiazole rings is 1. The van der Waals surface area contributed by atoms with Gasteiger partial charge in [-0.2, -0.15) is 0 Å². The number of hydrogen-bond acceptors (Lipinski definition) is 4. The van der Waals surface area contributed by atoms with E-state index in [0.29, 0.717) is 30.0 Å². The number of carbonyl (C=O) groups excluding carboxylic acids is 2. The van der Waals surface area contributed by atoms with Crippen LogP contribution in [0.2, 0.25) is 0 Å². The van der Waals surface area contributed by atoms with Gasteiger partial charge < -0.3 is 4.90 Å². The number of nitrogens with zero attached hydrogens (tertiary/aromatic N) is 2. The lowest BCUT2D eigenvalue weighted by atomic mass is 9.89. The average molecular weight is 364 g/mol. The number of rotatable bonds is 3. The summed E-state index contributed by atoms with van der Waals surface area (Å²) >= 11 is 1.33. The number of hydrogen-bond donors (Lipinski definition) is 0. The Hall–Kier alpha value is -2.15. The molecule has 0 aliphatic carbocycles. The maximum Gasteiger partial charge on any atom is 0.265 e. The van der Waals surface area contributed by atoms with E-state index in [1.807, 2.05) is 6.92 Å². The SMILES string of the molecule is Cc1nc(C)c(C(=O)N2CCCC(C(=O)c3cc(F)ccc3F)C2)s1. The maximum absolute atomic E-state index is 13.9. The number of aryl methyl sites for hydroxylation is 2. The first kappa shape index (κ1) is 17.7. The number of halogens is 2. The summed E-state index contributed by atoms with van der Waals surface area (Å²) in [5.74, 6) is -2.51. The molecule has 2 aromatic rings. The number of aromatic nitrogens is 1. The van der Waals surface area contributed by atoms with Crippen LogP contribution in [0.15, 0.2) is 18.2 Å². The molecule has 2 heterocycles. The Kier molecular flexibility index (Phi) is 4.94. The zero-order valence-corrected chi connectivity index (χ0v) is 14.8. The summed E-state index contributed by atoms with van der Waals surface area (Å²) in [6.07, 6.45) is 1.20. The second kappa shape index (κ2) is 7.00. The summed E-state index contributed by atoms with van der Waals surface area (Å²) in [5, 5.41) is 0.812. The predicted octanol–water partition coefficient (Wildman–Crippen LogP) is 3.77. The molecule has 1 atom stereocenters. The summed E-state index contributed by atoms with van der Waals surface area (Å²) in [4.78, 5) is 31.8. The van der Waals surface area contributed by atoms with E-state index < -0.39 is 23.3 Å². The molecule has 1 unspecified atom stereocenters. The monoisotopic (exact) mass is 364 g/mol. The first-order valence-corrected chi connectivity index (χ1v) is 8.91. The smallest absolute Gasteiger partial charge is 0.265 e. The van der Waals surface area contributed by atoms with Gasteiger partial charge in [0.25, 0.3) is 5.91 Å². The van der Waals surface area contributed by atoms with Crippen molar-refractivity contribution in [2.45, 2.75) is 26.7 Å². The van der Waals surface area contributed by atoms with E-state index in [9.17, 15) is 18.4 Å². The van der Waals surface area contributed by atoms with Crippen molar-refractivity contribution in [3.8, 4) is 0 Å². The minimum atomic E-state index is -0.733. The third kappa shape index (κ3) is 3.61. The first-order valence-electron chi connectivity index (χ1n) is 8.09. The Labute approximate surface area is 148 Å². The van der Waals surface area contributed by atoms with Gasteiger partial charge in [-0.3, -0.25) is 9.59 Å². The Bertz CT molecular complexity index is 834. The highest BCUT2D eigenvalue weighted by molar-refractivity contribution is 7.13. The molecule has 7 heteroatoms. The fraction of sp³-hybridized carbons (Fsp3) is 0.389. The van der Waals surface area contributed by atoms with Crippen molar-refractivity contribution in [3.63, 3.8) is 0 Å². The van der Waals surface area contributed by atoms with Gasteiger partial charge in [-0.25, -0.2) is 13.8 Å². The van der Waals surface area contributed by atoms with Crippen LogP contribution in [0.4, 0.5) is 8.78 Å². The molecule has 1 fully saturated rings. The molecule has 0 bridgehead atoms. The van der Waals surface area contributed by atoms with Gasteiger partial charge in [-0.15, -0.1) is 11.3 Å². The lowest BCUT2D eigenvalue weighted by Crippen LogP contribution is -2.42. The van der Waals surface area contributed by atoms with E-state index >= 15 is 0 Å². The van der Waals surface area contributed by atoms with Crippen LogP contribution in [-0.2, 0) is 0 Å². The van der Waals surface area contributed by atoms with Gasteiger partial charge in [0.05, 0.1) is 16.3 Å². The molecule has 1 saturated heterocycles. The second-order valence-electron chi connectivity index (χ2n) is 6.23. The highest BCUT2D eigenvalue weighted by Gasteiger charge is 2.32. The van der Waals surface area contributed by atoms with Crippen molar-refractivity contribution in [2.24, 2.45) is 5.92 Å². The molecule has 3 rings (SSSR count). The number of Topliss-reactive ketones (excluding diaryl/α,β-unsaturated/α-hetero) is 1. The van der Waals surface area contributed by atoms with Crippen LogP contribution in [0.3, 0.4) is 0 Å². The first-order chi connectivity index (χ1) is 11.9. The molecule has 4 nitrogen and oxygen atoms in total. The summed E-state index contributed by atoms with van der Waals surface area (Å²) in [7, 11) is 0. The molecule has 0 radical (unpaired) electrons. The summed E-state index contributed by atoms with van der Waals surface area (Å²) in [6, 6.07) is 2.87. The van der Waals surface area contributed by atoms with Crippen LogP contribution in [0.5, 0.6) is 0 Å². The lowest BCUT2D eigenvalue weighted by molar-refractivity contribution is 0.0639. The van der Waals surface area contributed by atoms with Crippen LogP contribution in [0, 0.1) is 31.4 Å². The van der Waals surface area contributed by atoms with Crippen LogP contribution < -0.4 is 0 Å². The Morgan fingerprint density at radius 1 is 1.28 bits per heavy atom. The molecule has 25 heavy (non-hydrogen) atoms. The standard InChI is InChI=1S/C18H18F2N2O2S/c1-10-17(25-11(2)21-10)18(24)22-7-3-4-12(9-22)16(23)14-8-13(19)5-6-15(14)20/h5-6,8,12H,3-4,7,9H2,1-2H3. The molecule has 0 saturated carbocycles. The van der Waals surface area contributed by atoms with Crippen LogP contribution in [0.1, 0.15) is 43.6 Å². The molecule has 1 aromatic carbocycles. The van der Waals surface area contributed by atoms with E-state index in [1.54, 1.807) is 11.8 Å². The average Bonchev–Trinajstić information content (AvgIpc) is 2.94. The van der Waals surface area contributed by atoms with Gasteiger partial charge in [0, 0.05) is 19.0 Å². The van der Waals surface area contributed by atoms with E-state index in [0.717, 1.165) is 23.2 Å². The molecule has 0 N–H and O–H groups in total. The molecular formula is C18H18F2N2O2S. The molecule has 1 aliphatic heterocycles. The van der Waals surface area contributed by atoms with Crippen LogP contribution >= 0.6 is 11.3 Å². The topological polar surface area (TPSA) is 50.3 Å². The number of amides is 1. The Morgan fingerprint density at radius 2 is 2.04 bits per heavy atom. The van der Waals surface area contributed by atoms with Crippen molar-refractivity contribution in [1.29, 1.82) is 0 Å². The molecular weight excluding hydrogens is 346 g/mol. The maximum atomic E-state index is 13.9. The van der Waals surface area contributed by atoms with Gasteiger partial charge in [0.2, 0.25) is 0 Å². The number of benzene rings is 1. The van der Waals surface area contributed by atoms with Crippen molar-refractivity contribution < 1.29 is 18.4 Å². The van der Waals surface area contributed by atoms with E-state index in [-0.39, 0.29) is 18.0 Å². The van der Waals surface area contributed by atoms with Gasteiger partial charge in [-0.1, -0.05) is 0 Å². The highest BCUT2D eigenvalue weighted by atomic mass is 32.1. The highest BCUT2D eigenvalue weighted by Crippen LogP contribution is 2.26. The number of carbonyl (C=O) groups is 2. The van der Waals surface area contributed by atoms with E-state index in [2.05, 4.69) is 4.98 Å². The van der Waals surface area contributed by atoms with Crippen molar-refractivity contribution in [1.82, 2.24) is 9.88 Å². The predicted molar refractivity (Wildman–Crippen MR) is 90.9 cm³/mol. The normalized spacial score (nSPS) is 17.6. The van der Waals surface area contributed by atoms with Crippen molar-refractivity contribution >= 4 is 23.0 Å². The fourth-order valence-electron chi connectivity index (χ4n) is 3.16. The van der Waals surface area contributed by atoms with Crippen LogP contribution in [0.25, 0.3) is 0 Å². The summed E-state index contributed by atoms with van der Waals surface area (Å²) in [5.41, 5.74) is 0.432. The molecule has 1 aromatic heterocycles. The van der Waals surface area contributed by atoms with E-state index in [4.69, 9.17) is 0 Å². The molecule has 132 valence electrons. The van der Waals surface area contributed by atoms with E-state index in [1.165, 1.54) is 11.3 Å². The van der Waals surface area contributed by atoms with Gasteiger partial charge >= 0.3 is 0 Å². The number of likely N-dealkylation sites (tertiary alicyclic amines) is 1. The Balaban J connectivity index is 1.79. The fourth-order valence-corrected chi connectivity index (χ4v) is 4.04. The van der Waals surface area contributed by atoms with Crippen molar-refractivity contribution in [2.75, 3.05) is 13.1 Å². The number of ketones is 1. The quantitative estimate of drug-likeness (QED) is 0.779. The third-order valence-corrected chi connectivity index (χ3v) is 5.43. The van der Waals surface area contributed by atoms with Gasteiger partial charge in [0.1, 0.15) is 16.5 Å². The zero-order chi connectivity index (χ0) is 18.1. The second-order valence-corrected chi connectivity index (χ2v) is 7.43. The Morgan fingerprint density at radius 3 is 2.72 bits per heavy atom. The summed E-state index contributed by atoms with van der Waals surface area (Å²) < 4.78 is 27.2. The molecule has 0 spiro atoms. The summed E-state index contributed by atoms with van der Waals surface area (Å²) in [6.45, 7) is 4.38. The van der Waals surface area contributed by atoms with Crippen LogP contribution in [-0.4, -0.2) is 34.7 Å².